The van der Waals surface area contributed by atoms with Gasteiger partial charge in [-0.25, -0.2) is 15.0 Å². The first-order chi connectivity index (χ1) is 15.7. The van der Waals surface area contributed by atoms with Crippen molar-refractivity contribution in [3.8, 4) is 22.6 Å². The number of nitrogens with zero attached hydrogens (tertiary/aromatic N) is 5. The second kappa shape index (κ2) is 8.26. The Morgan fingerprint density at radius 3 is 2.59 bits per heavy atom. The van der Waals surface area contributed by atoms with Crippen LogP contribution in [0.3, 0.4) is 0 Å². The predicted octanol–water partition coefficient (Wildman–Crippen LogP) is 4.05. The topological polar surface area (TPSA) is 89.9 Å². The molecule has 3 heterocycles. The van der Waals surface area contributed by atoms with E-state index in [9.17, 15) is 4.79 Å². The van der Waals surface area contributed by atoms with Crippen LogP contribution in [0.2, 0.25) is 0 Å². The van der Waals surface area contributed by atoms with Gasteiger partial charge >= 0.3 is 0 Å². The van der Waals surface area contributed by atoms with E-state index in [1.165, 1.54) is 5.56 Å². The molecule has 0 saturated carbocycles. The number of benzene rings is 2. The number of nitrogen functional groups attached to an aromatic ring is 1. The van der Waals surface area contributed by atoms with E-state index in [1.807, 2.05) is 53.4 Å². The Kier molecular flexibility index (Phi) is 5.15. The van der Waals surface area contributed by atoms with Crippen LogP contribution in [0.15, 0.2) is 71.7 Å². The molecule has 0 fully saturated rings. The second-order valence-corrected chi connectivity index (χ2v) is 7.79. The Balaban J connectivity index is 1.62. The van der Waals surface area contributed by atoms with Crippen LogP contribution in [0.1, 0.15) is 18.9 Å². The smallest absolute Gasteiger partial charge is 0.278 e. The minimum Gasteiger partial charge on any atom is -0.392 e. The van der Waals surface area contributed by atoms with Gasteiger partial charge in [-0.05, 0) is 30.5 Å². The van der Waals surface area contributed by atoms with E-state index in [0.29, 0.717) is 36.4 Å². The highest BCUT2D eigenvalue weighted by molar-refractivity contribution is 5.74. The molecule has 7 nitrogen and oxygen atoms in total. The van der Waals surface area contributed by atoms with Gasteiger partial charge in [0.25, 0.3) is 5.56 Å². The normalized spacial score (nSPS) is 13.1. The summed E-state index contributed by atoms with van der Waals surface area (Å²) in [5.41, 5.74) is 9.67. The van der Waals surface area contributed by atoms with Crippen LogP contribution < -0.4 is 16.2 Å². The molecule has 0 amide bonds. The molecular weight excluding hydrogens is 400 g/mol. The van der Waals surface area contributed by atoms with Crippen LogP contribution in [-0.4, -0.2) is 26.1 Å². The first kappa shape index (κ1) is 19.9. The third-order valence-electron chi connectivity index (χ3n) is 5.75. The molecule has 1 aliphatic heterocycles. The Morgan fingerprint density at radius 2 is 1.78 bits per heavy atom. The third kappa shape index (κ3) is 3.51. The number of fused-ring (bicyclic) bond motifs is 1. The highest BCUT2D eigenvalue weighted by Crippen LogP contribution is 2.30. The summed E-state index contributed by atoms with van der Waals surface area (Å²) in [4.78, 5) is 29.2. The molecule has 7 heteroatoms. The number of rotatable bonds is 4. The van der Waals surface area contributed by atoms with Crippen LogP contribution >= 0.6 is 0 Å². The molecular formula is C25H24N6O. The number of hydrogen-bond acceptors (Lipinski definition) is 6. The lowest BCUT2D eigenvalue weighted by molar-refractivity contribution is 0.563. The lowest BCUT2D eigenvalue weighted by Gasteiger charge is -2.30. The van der Waals surface area contributed by atoms with Crippen LogP contribution in [0.4, 0.5) is 17.5 Å². The molecule has 32 heavy (non-hydrogen) atoms. The van der Waals surface area contributed by atoms with E-state index in [0.717, 1.165) is 24.0 Å². The van der Waals surface area contributed by atoms with Gasteiger partial charge in [0.1, 0.15) is 17.2 Å². The first-order valence-electron chi connectivity index (χ1n) is 10.8. The second-order valence-electron chi connectivity index (χ2n) is 7.79. The fourth-order valence-corrected chi connectivity index (χ4v) is 4.05. The Morgan fingerprint density at radius 1 is 0.969 bits per heavy atom. The van der Waals surface area contributed by atoms with Crippen molar-refractivity contribution in [3.05, 3.63) is 82.8 Å². The fraction of sp³-hybridized carbons (Fsp3) is 0.200. The molecule has 0 unspecified atom stereocenters. The number of hydrogen-bond donors (Lipinski definition) is 1. The van der Waals surface area contributed by atoms with Gasteiger partial charge in [-0.15, -0.1) is 0 Å². The molecule has 2 aromatic heterocycles. The zero-order valence-corrected chi connectivity index (χ0v) is 17.9. The zero-order chi connectivity index (χ0) is 22.1. The molecule has 5 rings (SSSR count). The molecule has 0 bridgehead atoms. The SMILES string of the molecule is CCc1cccc(-c2nccc(N3CCCn4c3nc(-c3ccccc3)c(N)c4=O)n2)c1. The molecule has 0 aliphatic carbocycles. The Hall–Kier alpha value is -4.00. The largest absolute Gasteiger partial charge is 0.392 e. The summed E-state index contributed by atoms with van der Waals surface area (Å²) >= 11 is 0. The average Bonchev–Trinajstić information content (AvgIpc) is 2.86. The van der Waals surface area contributed by atoms with Crippen molar-refractivity contribution in [2.24, 2.45) is 0 Å². The zero-order valence-electron chi connectivity index (χ0n) is 17.9. The van der Waals surface area contributed by atoms with Crippen molar-refractivity contribution in [2.75, 3.05) is 17.2 Å². The van der Waals surface area contributed by atoms with Gasteiger partial charge in [0, 0.05) is 30.4 Å². The summed E-state index contributed by atoms with van der Waals surface area (Å²) in [6, 6.07) is 19.7. The molecule has 0 atom stereocenters. The summed E-state index contributed by atoms with van der Waals surface area (Å²) in [6.07, 6.45) is 3.50. The fourth-order valence-electron chi connectivity index (χ4n) is 4.05. The number of nitrogens with two attached hydrogens (primary N) is 1. The maximum atomic E-state index is 13.1. The van der Waals surface area contributed by atoms with Crippen molar-refractivity contribution in [3.63, 3.8) is 0 Å². The Bertz CT molecular complexity index is 1330. The molecule has 0 saturated heterocycles. The van der Waals surface area contributed by atoms with Gasteiger partial charge in [0.15, 0.2) is 5.82 Å². The molecule has 0 spiro atoms. The average molecular weight is 425 g/mol. The van der Waals surface area contributed by atoms with Gasteiger partial charge in [0.2, 0.25) is 5.95 Å². The van der Waals surface area contributed by atoms with Crippen LogP contribution in [0, 0.1) is 0 Å². The highest BCUT2D eigenvalue weighted by atomic mass is 16.1. The number of anilines is 3. The minimum atomic E-state index is -0.219. The van der Waals surface area contributed by atoms with E-state index in [1.54, 1.807) is 10.8 Å². The van der Waals surface area contributed by atoms with Gasteiger partial charge in [-0.1, -0.05) is 55.5 Å². The number of aromatic nitrogens is 4. The predicted molar refractivity (Wildman–Crippen MR) is 127 cm³/mol. The lowest BCUT2D eigenvalue weighted by Crippen LogP contribution is -2.37. The molecule has 2 N–H and O–H groups in total. The van der Waals surface area contributed by atoms with E-state index >= 15 is 0 Å². The molecule has 0 radical (unpaired) electrons. The molecule has 4 aromatic rings. The maximum absolute atomic E-state index is 13.1. The monoisotopic (exact) mass is 424 g/mol. The summed E-state index contributed by atoms with van der Waals surface area (Å²) in [5.74, 6) is 1.92. The Labute approximate surface area is 186 Å². The standard InChI is InChI=1S/C25H24N6O/c1-2-17-8-6-11-19(16-17)23-27-13-12-20(28-23)30-14-7-15-31-24(32)21(26)22(29-25(30)31)18-9-4-3-5-10-18/h3-6,8-13,16H,2,7,14-15,26H2,1H3. The third-order valence-corrected chi connectivity index (χ3v) is 5.75. The van der Waals surface area contributed by atoms with Crippen molar-refractivity contribution in [1.82, 2.24) is 19.5 Å². The molecule has 1 aliphatic rings. The van der Waals surface area contributed by atoms with E-state index < -0.39 is 0 Å². The van der Waals surface area contributed by atoms with Gasteiger partial charge in [-0.2, -0.15) is 0 Å². The van der Waals surface area contributed by atoms with Crippen molar-refractivity contribution in [1.29, 1.82) is 0 Å². The summed E-state index contributed by atoms with van der Waals surface area (Å²) < 4.78 is 1.64. The van der Waals surface area contributed by atoms with E-state index in [-0.39, 0.29) is 11.2 Å². The van der Waals surface area contributed by atoms with Gasteiger partial charge in [-0.3, -0.25) is 14.3 Å². The first-order valence-corrected chi connectivity index (χ1v) is 10.8. The highest BCUT2D eigenvalue weighted by Gasteiger charge is 2.25. The number of aryl methyl sites for hydroxylation is 1. The van der Waals surface area contributed by atoms with Gasteiger partial charge in [0.05, 0.1) is 0 Å². The van der Waals surface area contributed by atoms with Gasteiger partial charge < -0.3 is 5.73 Å². The quantitative estimate of drug-likeness (QED) is 0.531. The van der Waals surface area contributed by atoms with Crippen LogP contribution in [-0.2, 0) is 13.0 Å². The molecule has 160 valence electrons. The molecule has 2 aromatic carbocycles. The van der Waals surface area contributed by atoms with Crippen molar-refractivity contribution < 1.29 is 0 Å². The summed E-state index contributed by atoms with van der Waals surface area (Å²) in [6.45, 7) is 3.41. The van der Waals surface area contributed by atoms with Crippen LogP contribution in [0.25, 0.3) is 22.6 Å². The minimum absolute atomic E-state index is 0.168. The summed E-state index contributed by atoms with van der Waals surface area (Å²) in [7, 11) is 0. The van der Waals surface area contributed by atoms with Crippen LogP contribution in [0.5, 0.6) is 0 Å². The van der Waals surface area contributed by atoms with Crippen molar-refractivity contribution in [2.45, 2.75) is 26.3 Å². The maximum Gasteiger partial charge on any atom is 0.278 e. The summed E-state index contributed by atoms with van der Waals surface area (Å²) in [5, 5.41) is 0. The van der Waals surface area contributed by atoms with E-state index in [2.05, 4.69) is 24.0 Å². The van der Waals surface area contributed by atoms with Crippen molar-refractivity contribution >= 4 is 17.5 Å². The van der Waals surface area contributed by atoms with E-state index in [4.69, 9.17) is 15.7 Å². The lowest BCUT2D eigenvalue weighted by atomic mass is 10.1.